The van der Waals surface area contributed by atoms with Gasteiger partial charge in [0.2, 0.25) is 35.4 Å². The molecule has 0 unspecified atom stereocenters. The van der Waals surface area contributed by atoms with Crippen LogP contribution in [-0.2, 0) is 48.2 Å². The van der Waals surface area contributed by atoms with Crippen molar-refractivity contribution >= 4 is 41.4 Å². The van der Waals surface area contributed by atoms with Crippen molar-refractivity contribution in [3.63, 3.8) is 0 Å². The predicted molar refractivity (Wildman–Crippen MR) is 215 cm³/mol. The molecule has 0 fully saturated rings. The number of hydrogen-bond acceptors (Lipinski definition) is 9. The number of benzene rings is 2. The Bertz CT molecular complexity index is 1720. The molecular weight excluding hydrogens is 733 g/mol. The molecule has 0 saturated carbocycles. The highest BCUT2D eigenvalue weighted by molar-refractivity contribution is 5.97. The van der Waals surface area contributed by atoms with Gasteiger partial charge in [0.1, 0.15) is 36.3 Å². The van der Waals surface area contributed by atoms with Crippen LogP contribution in [0.15, 0.2) is 59.6 Å². The third-order valence-corrected chi connectivity index (χ3v) is 9.55. The minimum absolute atomic E-state index is 0.0466. The van der Waals surface area contributed by atoms with Crippen LogP contribution < -0.4 is 44.2 Å². The number of hydrogen-bond donors (Lipinski definition) is 9. The number of primary amides is 1. The standard InChI is InChI=1S/C40H60N10O7/c1-23(2)17-30(36(54)46-29(34(42)52)15-10-16-45-40(43)44)47-37(55)31(18-24(3)4)48-38(56)33-20-26-13-8-9-14-27(26)21-50(33)39(57)32(49-35(53)28(41)22-51)19-25-11-6-5-7-12-25/h5-9,11-14,23-24,28-33,51H,10,15-22,41H2,1-4H3,(H2,42,52)(H,46,54)(H,47,55)(H,48,56)(H,49,53)(H4,43,44,45)/t28-,29-,30-,31-,32-,33+/m0/s1. The van der Waals surface area contributed by atoms with Gasteiger partial charge < -0.3 is 54.2 Å². The molecule has 6 atom stereocenters. The molecule has 0 radical (unpaired) electrons. The van der Waals surface area contributed by atoms with Gasteiger partial charge in [-0.25, -0.2) is 0 Å². The van der Waals surface area contributed by atoms with Crippen molar-refractivity contribution < 1.29 is 33.9 Å². The summed E-state index contributed by atoms with van der Waals surface area (Å²) in [5.74, 6) is -4.12. The SMILES string of the molecule is CC(C)C[C@H](NC(=O)[C@H](CC(C)C)NC(=O)[C@H]1Cc2ccccc2CN1C(=O)[C@H](Cc1ccccc1)NC(=O)[C@@H](N)CO)C(=O)N[C@@H](CCCN=C(N)N)C(N)=O. The number of aliphatic hydroxyl groups excluding tert-OH is 1. The minimum Gasteiger partial charge on any atom is -0.394 e. The molecule has 17 heteroatoms. The Morgan fingerprint density at radius 3 is 1.86 bits per heavy atom. The zero-order chi connectivity index (χ0) is 42.2. The van der Waals surface area contributed by atoms with E-state index in [2.05, 4.69) is 26.3 Å². The number of guanidine groups is 1. The number of rotatable bonds is 21. The van der Waals surface area contributed by atoms with E-state index in [1.807, 2.05) is 58.0 Å². The summed E-state index contributed by atoms with van der Waals surface area (Å²) in [6.45, 7) is 7.14. The van der Waals surface area contributed by atoms with Gasteiger partial charge in [0.05, 0.1) is 6.61 Å². The maximum absolute atomic E-state index is 14.5. The number of nitrogens with zero attached hydrogens (tertiary/aromatic N) is 2. The maximum atomic E-state index is 14.5. The van der Waals surface area contributed by atoms with Crippen LogP contribution in [0.3, 0.4) is 0 Å². The minimum atomic E-state index is -1.27. The van der Waals surface area contributed by atoms with Crippen molar-refractivity contribution in [3.8, 4) is 0 Å². The van der Waals surface area contributed by atoms with Gasteiger partial charge >= 0.3 is 0 Å². The Balaban J connectivity index is 1.90. The monoisotopic (exact) mass is 792 g/mol. The Labute approximate surface area is 334 Å². The van der Waals surface area contributed by atoms with Crippen LogP contribution in [0.5, 0.6) is 0 Å². The summed E-state index contributed by atoms with van der Waals surface area (Å²) < 4.78 is 0. The van der Waals surface area contributed by atoms with Gasteiger partial charge in [-0.15, -0.1) is 0 Å². The van der Waals surface area contributed by atoms with Crippen molar-refractivity contribution in [2.75, 3.05) is 13.2 Å². The van der Waals surface area contributed by atoms with E-state index in [0.29, 0.717) is 6.42 Å². The average molecular weight is 793 g/mol. The molecule has 2 aromatic rings. The quantitative estimate of drug-likeness (QED) is 0.0425. The van der Waals surface area contributed by atoms with E-state index in [1.54, 1.807) is 24.3 Å². The zero-order valence-corrected chi connectivity index (χ0v) is 33.3. The molecule has 2 aromatic carbocycles. The molecule has 0 spiro atoms. The molecule has 0 saturated heterocycles. The van der Waals surface area contributed by atoms with E-state index >= 15 is 0 Å². The number of carbonyl (C=O) groups is 6. The first-order valence-electron chi connectivity index (χ1n) is 19.3. The van der Waals surface area contributed by atoms with E-state index in [0.717, 1.165) is 16.7 Å². The summed E-state index contributed by atoms with van der Waals surface area (Å²) in [4.78, 5) is 86.9. The van der Waals surface area contributed by atoms with Crippen LogP contribution in [0, 0.1) is 11.8 Å². The maximum Gasteiger partial charge on any atom is 0.246 e. The van der Waals surface area contributed by atoms with E-state index in [9.17, 15) is 33.9 Å². The molecule has 13 N–H and O–H groups in total. The lowest BCUT2D eigenvalue weighted by molar-refractivity contribution is -0.145. The van der Waals surface area contributed by atoms with Crippen LogP contribution >= 0.6 is 0 Å². The normalized spacial score (nSPS) is 16.3. The van der Waals surface area contributed by atoms with Crippen LogP contribution in [0.2, 0.25) is 0 Å². The molecule has 0 bridgehead atoms. The van der Waals surface area contributed by atoms with Gasteiger partial charge in [-0.1, -0.05) is 82.3 Å². The van der Waals surface area contributed by atoms with Gasteiger partial charge in [0.25, 0.3) is 0 Å². The lowest BCUT2D eigenvalue weighted by atomic mass is 9.91. The van der Waals surface area contributed by atoms with E-state index in [-0.39, 0.29) is 63.0 Å². The largest absolute Gasteiger partial charge is 0.394 e. The summed E-state index contributed by atoms with van der Waals surface area (Å²) in [7, 11) is 0. The molecule has 0 aliphatic carbocycles. The van der Waals surface area contributed by atoms with E-state index in [1.165, 1.54) is 4.90 Å². The van der Waals surface area contributed by atoms with Gasteiger partial charge in [-0.2, -0.15) is 0 Å². The number of aliphatic hydroxyl groups is 1. The number of fused-ring (bicyclic) bond motifs is 1. The third kappa shape index (κ3) is 14.5. The van der Waals surface area contributed by atoms with Crippen LogP contribution in [0.1, 0.15) is 70.1 Å². The fourth-order valence-corrected chi connectivity index (χ4v) is 6.61. The van der Waals surface area contributed by atoms with Gasteiger partial charge in [-0.05, 0) is 54.2 Å². The first-order valence-corrected chi connectivity index (χ1v) is 19.3. The van der Waals surface area contributed by atoms with Crippen LogP contribution in [0.4, 0.5) is 0 Å². The first-order chi connectivity index (χ1) is 27.0. The van der Waals surface area contributed by atoms with Crippen molar-refractivity contribution in [1.82, 2.24) is 26.2 Å². The summed E-state index contributed by atoms with van der Waals surface area (Å²) in [5, 5.41) is 20.5. The van der Waals surface area contributed by atoms with Crippen molar-refractivity contribution in [2.45, 2.75) is 109 Å². The molecule has 312 valence electrons. The van der Waals surface area contributed by atoms with Gasteiger partial charge in [-0.3, -0.25) is 33.8 Å². The number of aliphatic imine (C=N–C) groups is 1. The first kappa shape index (κ1) is 45.8. The lowest BCUT2D eigenvalue weighted by Gasteiger charge is -2.39. The van der Waals surface area contributed by atoms with Crippen LogP contribution in [-0.4, -0.2) is 101 Å². The third-order valence-electron chi connectivity index (χ3n) is 9.55. The number of nitrogens with one attached hydrogen (secondary N) is 4. The molecule has 17 nitrogen and oxygen atoms in total. The Hall–Kier alpha value is -5.55. The molecular formula is C40H60N10O7. The van der Waals surface area contributed by atoms with Gasteiger partial charge in [0.15, 0.2) is 5.96 Å². The number of carbonyl (C=O) groups excluding carboxylic acids is 6. The van der Waals surface area contributed by atoms with Crippen LogP contribution in [0.25, 0.3) is 0 Å². The summed E-state index contributed by atoms with van der Waals surface area (Å²) >= 11 is 0. The molecule has 0 aromatic heterocycles. The highest BCUT2D eigenvalue weighted by atomic mass is 16.3. The number of amides is 6. The average Bonchev–Trinajstić information content (AvgIpc) is 3.16. The second-order valence-electron chi connectivity index (χ2n) is 15.3. The fraction of sp³-hybridized carbons (Fsp3) is 0.525. The Morgan fingerprint density at radius 2 is 1.30 bits per heavy atom. The molecule has 1 heterocycles. The number of nitrogens with two attached hydrogens (primary N) is 4. The van der Waals surface area contributed by atoms with Crippen molar-refractivity contribution in [3.05, 3.63) is 71.3 Å². The molecule has 57 heavy (non-hydrogen) atoms. The van der Waals surface area contributed by atoms with E-state index in [4.69, 9.17) is 22.9 Å². The Morgan fingerprint density at radius 1 is 0.754 bits per heavy atom. The fourth-order valence-electron chi connectivity index (χ4n) is 6.61. The Kier molecular flexibility index (Phi) is 17.9. The summed E-state index contributed by atoms with van der Waals surface area (Å²) in [6, 6.07) is 9.70. The smallest absolute Gasteiger partial charge is 0.246 e. The second kappa shape index (κ2) is 22.3. The van der Waals surface area contributed by atoms with E-state index < -0.39 is 78.3 Å². The zero-order valence-electron chi connectivity index (χ0n) is 33.3. The van der Waals surface area contributed by atoms with Gasteiger partial charge in [0, 0.05) is 25.9 Å². The lowest BCUT2D eigenvalue weighted by Crippen LogP contribution is -2.62. The predicted octanol–water partition coefficient (Wildman–Crippen LogP) is -0.927. The van der Waals surface area contributed by atoms with Crippen molar-refractivity contribution in [1.29, 1.82) is 0 Å². The molecule has 1 aliphatic rings. The highest BCUT2D eigenvalue weighted by Gasteiger charge is 2.40. The topological polar surface area (TPSA) is 290 Å². The highest BCUT2D eigenvalue weighted by Crippen LogP contribution is 2.25. The second-order valence-corrected chi connectivity index (χ2v) is 15.3. The summed E-state index contributed by atoms with van der Waals surface area (Å²) in [6.07, 6.45) is 1.15. The molecule has 1 aliphatic heterocycles. The molecule has 3 rings (SSSR count). The van der Waals surface area contributed by atoms with Crippen molar-refractivity contribution in [2.24, 2.45) is 39.8 Å². The summed E-state index contributed by atoms with van der Waals surface area (Å²) in [5.41, 5.74) is 24.5. The molecule has 6 amide bonds.